The molecule has 27 heavy (non-hydrogen) atoms. The number of nitrogens with one attached hydrogen (secondary N) is 1. The summed E-state index contributed by atoms with van der Waals surface area (Å²) in [5.74, 6) is 0.141. The van der Waals surface area contributed by atoms with Crippen LogP contribution in [0.3, 0.4) is 0 Å². The van der Waals surface area contributed by atoms with Gasteiger partial charge in [-0.3, -0.25) is 9.59 Å². The molecule has 5 nitrogen and oxygen atoms in total. The normalized spacial score (nSPS) is 22.3. The van der Waals surface area contributed by atoms with Gasteiger partial charge in [0.2, 0.25) is 11.8 Å². The van der Waals surface area contributed by atoms with E-state index in [1.807, 2.05) is 4.90 Å². The lowest BCUT2D eigenvalue weighted by Gasteiger charge is -2.43. The highest BCUT2D eigenvalue weighted by molar-refractivity contribution is 5.89. The highest BCUT2D eigenvalue weighted by Crippen LogP contribution is 2.42. The Morgan fingerprint density at radius 1 is 1.22 bits per heavy atom. The SMILES string of the molecule is Cc1cccc(C2(C(=O)N3CCCC(C(=O)NCCN)C3)CCCCC2)c1. The number of carbonyl (C=O) groups excluding carboxylic acids is 2. The van der Waals surface area contributed by atoms with Gasteiger partial charge in [0.25, 0.3) is 0 Å². The van der Waals surface area contributed by atoms with E-state index in [1.54, 1.807) is 0 Å². The number of amides is 2. The monoisotopic (exact) mass is 371 g/mol. The molecule has 1 aromatic rings. The highest BCUT2D eigenvalue weighted by Gasteiger charge is 2.44. The van der Waals surface area contributed by atoms with Crippen molar-refractivity contribution < 1.29 is 9.59 Å². The Balaban J connectivity index is 1.81. The second-order valence-electron chi connectivity index (χ2n) is 8.18. The van der Waals surface area contributed by atoms with Crippen molar-refractivity contribution in [1.29, 1.82) is 0 Å². The fraction of sp³-hybridized carbons (Fsp3) is 0.636. The van der Waals surface area contributed by atoms with Crippen LogP contribution < -0.4 is 11.1 Å². The van der Waals surface area contributed by atoms with E-state index < -0.39 is 5.41 Å². The first-order chi connectivity index (χ1) is 13.1. The summed E-state index contributed by atoms with van der Waals surface area (Å²) in [4.78, 5) is 28.1. The number of rotatable bonds is 5. The van der Waals surface area contributed by atoms with Crippen molar-refractivity contribution in [2.45, 2.75) is 57.3 Å². The Morgan fingerprint density at radius 3 is 2.70 bits per heavy atom. The Labute approximate surface area is 162 Å². The summed E-state index contributed by atoms with van der Waals surface area (Å²) in [6, 6.07) is 8.45. The number of likely N-dealkylation sites (tertiary alicyclic amines) is 1. The molecule has 1 saturated heterocycles. The van der Waals surface area contributed by atoms with Crippen molar-refractivity contribution >= 4 is 11.8 Å². The predicted molar refractivity (Wildman–Crippen MR) is 107 cm³/mol. The van der Waals surface area contributed by atoms with E-state index in [4.69, 9.17) is 5.73 Å². The number of carbonyl (C=O) groups is 2. The molecule has 1 unspecified atom stereocenters. The molecule has 0 radical (unpaired) electrons. The Morgan fingerprint density at radius 2 is 2.00 bits per heavy atom. The van der Waals surface area contributed by atoms with E-state index in [0.29, 0.717) is 19.6 Å². The summed E-state index contributed by atoms with van der Waals surface area (Å²) >= 11 is 0. The van der Waals surface area contributed by atoms with Crippen molar-refractivity contribution in [3.8, 4) is 0 Å². The molecule has 2 fully saturated rings. The van der Waals surface area contributed by atoms with Gasteiger partial charge in [0, 0.05) is 26.2 Å². The largest absolute Gasteiger partial charge is 0.355 e. The number of nitrogens with two attached hydrogens (primary N) is 1. The average molecular weight is 372 g/mol. The number of hydrogen-bond acceptors (Lipinski definition) is 3. The van der Waals surface area contributed by atoms with E-state index >= 15 is 0 Å². The zero-order valence-electron chi connectivity index (χ0n) is 16.5. The van der Waals surface area contributed by atoms with Crippen molar-refractivity contribution in [1.82, 2.24) is 10.2 Å². The second-order valence-corrected chi connectivity index (χ2v) is 8.18. The van der Waals surface area contributed by atoms with Crippen molar-refractivity contribution in [3.05, 3.63) is 35.4 Å². The maximum atomic E-state index is 13.7. The predicted octanol–water partition coefficient (Wildman–Crippen LogP) is 2.51. The van der Waals surface area contributed by atoms with Gasteiger partial charge >= 0.3 is 0 Å². The highest BCUT2D eigenvalue weighted by atomic mass is 16.2. The topological polar surface area (TPSA) is 75.4 Å². The molecule has 1 heterocycles. The van der Waals surface area contributed by atoms with Crippen LogP contribution in [0.1, 0.15) is 56.1 Å². The zero-order valence-corrected chi connectivity index (χ0v) is 16.5. The molecule has 0 aromatic heterocycles. The van der Waals surface area contributed by atoms with Crippen LogP contribution in [0.5, 0.6) is 0 Å². The van der Waals surface area contributed by atoms with Gasteiger partial charge < -0.3 is 16.0 Å². The van der Waals surface area contributed by atoms with Crippen LogP contribution in [-0.2, 0) is 15.0 Å². The third kappa shape index (κ3) is 4.34. The molecular weight excluding hydrogens is 338 g/mol. The van der Waals surface area contributed by atoms with E-state index in [2.05, 4.69) is 36.5 Å². The first-order valence-electron chi connectivity index (χ1n) is 10.4. The van der Waals surface area contributed by atoms with Gasteiger partial charge in [-0.15, -0.1) is 0 Å². The van der Waals surface area contributed by atoms with Gasteiger partial charge in [-0.1, -0.05) is 49.1 Å². The van der Waals surface area contributed by atoms with Gasteiger partial charge in [0.15, 0.2) is 0 Å². The molecule has 5 heteroatoms. The number of benzene rings is 1. The van der Waals surface area contributed by atoms with E-state index in [1.165, 1.54) is 12.0 Å². The van der Waals surface area contributed by atoms with Crippen LogP contribution in [0, 0.1) is 12.8 Å². The summed E-state index contributed by atoms with van der Waals surface area (Å²) in [6.45, 7) is 4.31. The molecule has 1 aliphatic carbocycles. The summed E-state index contributed by atoms with van der Waals surface area (Å²) in [5.41, 5.74) is 7.43. The van der Waals surface area contributed by atoms with Crippen LogP contribution in [0.2, 0.25) is 0 Å². The van der Waals surface area contributed by atoms with Gasteiger partial charge in [0.05, 0.1) is 11.3 Å². The molecule has 0 spiro atoms. The molecule has 2 aliphatic rings. The number of nitrogens with zero attached hydrogens (tertiary/aromatic N) is 1. The van der Waals surface area contributed by atoms with Gasteiger partial charge in [0.1, 0.15) is 0 Å². The molecular formula is C22H33N3O2. The van der Waals surface area contributed by atoms with Crippen molar-refractivity contribution in [2.24, 2.45) is 11.7 Å². The quantitative estimate of drug-likeness (QED) is 0.835. The van der Waals surface area contributed by atoms with Gasteiger partial charge in [-0.2, -0.15) is 0 Å². The Bertz CT molecular complexity index is 667. The smallest absolute Gasteiger partial charge is 0.233 e. The minimum Gasteiger partial charge on any atom is -0.355 e. The van der Waals surface area contributed by atoms with Crippen LogP contribution >= 0.6 is 0 Å². The first-order valence-corrected chi connectivity index (χ1v) is 10.4. The van der Waals surface area contributed by atoms with Gasteiger partial charge in [-0.25, -0.2) is 0 Å². The van der Waals surface area contributed by atoms with E-state index in [-0.39, 0.29) is 17.7 Å². The fourth-order valence-corrected chi connectivity index (χ4v) is 4.74. The lowest BCUT2D eigenvalue weighted by molar-refractivity contribution is -0.142. The molecule has 3 rings (SSSR count). The van der Waals surface area contributed by atoms with Crippen molar-refractivity contribution in [3.63, 3.8) is 0 Å². The number of hydrogen-bond donors (Lipinski definition) is 2. The molecule has 1 aliphatic heterocycles. The lowest BCUT2D eigenvalue weighted by atomic mass is 9.68. The molecule has 2 amide bonds. The van der Waals surface area contributed by atoms with Crippen molar-refractivity contribution in [2.75, 3.05) is 26.2 Å². The molecule has 1 saturated carbocycles. The minimum atomic E-state index is -0.417. The fourth-order valence-electron chi connectivity index (χ4n) is 4.74. The van der Waals surface area contributed by atoms with E-state index in [0.717, 1.165) is 50.6 Å². The molecule has 0 bridgehead atoms. The number of piperidine rings is 1. The number of aryl methyl sites for hydroxylation is 1. The summed E-state index contributed by atoms with van der Waals surface area (Å²) < 4.78 is 0. The van der Waals surface area contributed by atoms with Crippen LogP contribution in [-0.4, -0.2) is 42.9 Å². The van der Waals surface area contributed by atoms with Crippen LogP contribution in [0.15, 0.2) is 24.3 Å². The second kappa shape index (κ2) is 8.87. The Kier molecular flexibility index (Phi) is 6.53. The van der Waals surface area contributed by atoms with E-state index in [9.17, 15) is 9.59 Å². The molecule has 148 valence electrons. The van der Waals surface area contributed by atoms with Crippen LogP contribution in [0.25, 0.3) is 0 Å². The zero-order chi connectivity index (χ0) is 19.3. The summed E-state index contributed by atoms with van der Waals surface area (Å²) in [5, 5.41) is 2.89. The van der Waals surface area contributed by atoms with Gasteiger partial charge in [-0.05, 0) is 38.2 Å². The average Bonchev–Trinajstić information content (AvgIpc) is 2.72. The third-order valence-corrected chi connectivity index (χ3v) is 6.21. The first kappa shape index (κ1) is 19.9. The van der Waals surface area contributed by atoms with Crippen LogP contribution in [0.4, 0.5) is 0 Å². The molecule has 1 aromatic carbocycles. The maximum absolute atomic E-state index is 13.7. The maximum Gasteiger partial charge on any atom is 0.233 e. The summed E-state index contributed by atoms with van der Waals surface area (Å²) in [6.07, 6.45) is 6.94. The minimum absolute atomic E-state index is 0.0335. The third-order valence-electron chi connectivity index (χ3n) is 6.21. The Hall–Kier alpha value is -1.88. The summed E-state index contributed by atoms with van der Waals surface area (Å²) in [7, 11) is 0. The molecule has 1 atom stereocenters. The lowest BCUT2D eigenvalue weighted by Crippen LogP contribution is -2.53. The standard InChI is InChI=1S/C22H33N3O2/c1-17-7-5-9-19(15-17)22(10-3-2-4-11-22)21(27)25-14-6-8-18(16-25)20(26)24-13-12-23/h5,7,9,15,18H,2-4,6,8,10-14,16,23H2,1H3,(H,24,26). The molecule has 3 N–H and O–H groups in total.